The quantitative estimate of drug-likeness (QED) is 0.786. The van der Waals surface area contributed by atoms with Crippen LogP contribution in [0.4, 0.5) is 11.4 Å². The first-order chi connectivity index (χ1) is 11.0. The van der Waals surface area contributed by atoms with Gasteiger partial charge in [-0.25, -0.2) is 4.98 Å². The fraction of sp³-hybridized carbons (Fsp3) is 0.176. The molecule has 6 heteroatoms. The lowest BCUT2D eigenvalue weighted by molar-refractivity contribution is 0.102. The standard InChI is InChI=1S/C17H17N3O2S/c1-11-15(19-17(23-11)14-5-4-10-22-14)16(21)18-12-6-8-13(9-7-12)20(2)3/h4-10H,1-3H3,(H,18,21). The van der Waals surface area contributed by atoms with E-state index in [1.807, 2.05) is 56.3 Å². The van der Waals surface area contributed by atoms with Gasteiger partial charge in [0.1, 0.15) is 5.69 Å². The Morgan fingerprint density at radius 1 is 1.22 bits per heavy atom. The molecule has 2 aromatic heterocycles. The Balaban J connectivity index is 1.78. The topological polar surface area (TPSA) is 58.4 Å². The third-order valence-corrected chi connectivity index (χ3v) is 4.37. The molecule has 1 aromatic carbocycles. The molecular weight excluding hydrogens is 310 g/mol. The highest BCUT2D eigenvalue weighted by molar-refractivity contribution is 7.15. The molecule has 5 nitrogen and oxygen atoms in total. The number of anilines is 2. The summed E-state index contributed by atoms with van der Waals surface area (Å²) in [6.45, 7) is 1.88. The van der Waals surface area contributed by atoms with Crippen LogP contribution < -0.4 is 10.2 Å². The number of furan rings is 1. The van der Waals surface area contributed by atoms with Gasteiger partial charge in [-0.05, 0) is 43.3 Å². The van der Waals surface area contributed by atoms with Gasteiger partial charge >= 0.3 is 0 Å². The van der Waals surface area contributed by atoms with Crippen molar-refractivity contribution < 1.29 is 9.21 Å². The first-order valence-corrected chi connectivity index (χ1v) is 7.96. The zero-order valence-electron chi connectivity index (χ0n) is 13.2. The Hall–Kier alpha value is -2.60. The van der Waals surface area contributed by atoms with E-state index in [1.54, 1.807) is 12.3 Å². The van der Waals surface area contributed by atoms with Crippen LogP contribution in [0.5, 0.6) is 0 Å². The number of aromatic nitrogens is 1. The minimum absolute atomic E-state index is 0.214. The number of carbonyl (C=O) groups excluding carboxylic acids is 1. The van der Waals surface area contributed by atoms with E-state index in [1.165, 1.54) is 11.3 Å². The summed E-state index contributed by atoms with van der Waals surface area (Å²) in [6.07, 6.45) is 1.60. The van der Waals surface area contributed by atoms with E-state index < -0.39 is 0 Å². The van der Waals surface area contributed by atoms with Crippen LogP contribution >= 0.6 is 11.3 Å². The number of benzene rings is 1. The monoisotopic (exact) mass is 327 g/mol. The number of hydrogen-bond donors (Lipinski definition) is 1. The molecule has 0 saturated heterocycles. The van der Waals surface area contributed by atoms with Crippen LogP contribution in [0.15, 0.2) is 47.1 Å². The van der Waals surface area contributed by atoms with Gasteiger partial charge in [0.15, 0.2) is 10.8 Å². The van der Waals surface area contributed by atoms with E-state index >= 15 is 0 Å². The van der Waals surface area contributed by atoms with Crippen LogP contribution in [0.3, 0.4) is 0 Å². The zero-order chi connectivity index (χ0) is 16.4. The van der Waals surface area contributed by atoms with Crippen molar-refractivity contribution in [1.82, 2.24) is 4.98 Å². The van der Waals surface area contributed by atoms with E-state index in [0.29, 0.717) is 16.5 Å². The van der Waals surface area contributed by atoms with Gasteiger partial charge in [-0.15, -0.1) is 11.3 Å². The van der Waals surface area contributed by atoms with E-state index in [4.69, 9.17) is 4.42 Å². The Bertz CT molecular complexity index is 805. The maximum absolute atomic E-state index is 12.4. The van der Waals surface area contributed by atoms with Gasteiger partial charge < -0.3 is 14.6 Å². The average molecular weight is 327 g/mol. The molecule has 2 heterocycles. The number of rotatable bonds is 4. The smallest absolute Gasteiger partial charge is 0.275 e. The largest absolute Gasteiger partial charge is 0.462 e. The molecular formula is C17H17N3O2S. The highest BCUT2D eigenvalue weighted by Crippen LogP contribution is 2.28. The van der Waals surface area contributed by atoms with Crippen molar-refractivity contribution in [3.8, 4) is 10.8 Å². The van der Waals surface area contributed by atoms with Gasteiger partial charge in [0, 0.05) is 30.3 Å². The van der Waals surface area contributed by atoms with Gasteiger partial charge in [0.2, 0.25) is 0 Å². The number of amides is 1. The van der Waals surface area contributed by atoms with Crippen LogP contribution in [0.2, 0.25) is 0 Å². The van der Waals surface area contributed by atoms with Crippen LogP contribution in [-0.4, -0.2) is 25.0 Å². The van der Waals surface area contributed by atoms with Crippen LogP contribution in [0.1, 0.15) is 15.4 Å². The number of thiazole rings is 1. The van der Waals surface area contributed by atoms with Crippen molar-refractivity contribution in [3.05, 3.63) is 53.2 Å². The summed E-state index contributed by atoms with van der Waals surface area (Å²) < 4.78 is 5.33. The molecule has 0 fully saturated rings. The fourth-order valence-corrected chi connectivity index (χ4v) is 3.02. The molecule has 0 bridgehead atoms. The van der Waals surface area contributed by atoms with Crippen LogP contribution in [0, 0.1) is 6.92 Å². The second-order valence-electron chi connectivity index (χ2n) is 5.30. The number of nitrogens with zero attached hydrogens (tertiary/aromatic N) is 2. The van der Waals surface area contributed by atoms with Gasteiger partial charge in [0.05, 0.1) is 6.26 Å². The van der Waals surface area contributed by atoms with E-state index in [9.17, 15) is 4.79 Å². The lowest BCUT2D eigenvalue weighted by Crippen LogP contribution is -2.14. The molecule has 23 heavy (non-hydrogen) atoms. The zero-order valence-corrected chi connectivity index (χ0v) is 14.0. The molecule has 0 spiro atoms. The highest BCUT2D eigenvalue weighted by atomic mass is 32.1. The molecule has 0 atom stereocenters. The predicted octanol–water partition coefficient (Wildman–Crippen LogP) is 4.03. The van der Waals surface area contributed by atoms with Crippen molar-refractivity contribution in [1.29, 1.82) is 0 Å². The average Bonchev–Trinajstić information content (AvgIpc) is 3.16. The number of aryl methyl sites for hydroxylation is 1. The summed E-state index contributed by atoms with van der Waals surface area (Å²) in [5, 5.41) is 3.59. The maximum atomic E-state index is 12.4. The summed E-state index contributed by atoms with van der Waals surface area (Å²) in [5.74, 6) is 0.460. The lowest BCUT2D eigenvalue weighted by atomic mass is 10.2. The Morgan fingerprint density at radius 3 is 2.57 bits per heavy atom. The van der Waals surface area contributed by atoms with Crippen LogP contribution in [0.25, 0.3) is 10.8 Å². The molecule has 1 amide bonds. The first-order valence-electron chi connectivity index (χ1n) is 7.14. The molecule has 3 rings (SSSR count). The second kappa shape index (κ2) is 6.26. The maximum Gasteiger partial charge on any atom is 0.275 e. The van der Waals surface area contributed by atoms with Crippen molar-refractivity contribution in [2.45, 2.75) is 6.92 Å². The summed E-state index contributed by atoms with van der Waals surface area (Å²) in [7, 11) is 3.95. The molecule has 0 saturated carbocycles. The first kappa shape index (κ1) is 15.3. The normalized spacial score (nSPS) is 10.6. The van der Waals surface area contributed by atoms with Gasteiger partial charge in [0.25, 0.3) is 5.91 Å². The molecule has 0 unspecified atom stereocenters. The fourth-order valence-electron chi connectivity index (χ4n) is 2.15. The van der Waals surface area contributed by atoms with Crippen LogP contribution in [-0.2, 0) is 0 Å². The Kier molecular flexibility index (Phi) is 4.16. The van der Waals surface area contributed by atoms with Gasteiger partial charge in [-0.2, -0.15) is 0 Å². The minimum atomic E-state index is -0.214. The third kappa shape index (κ3) is 3.27. The molecule has 0 aliphatic carbocycles. The predicted molar refractivity (Wildman–Crippen MR) is 93.3 cm³/mol. The highest BCUT2D eigenvalue weighted by Gasteiger charge is 2.17. The number of nitrogens with one attached hydrogen (secondary N) is 1. The molecule has 3 aromatic rings. The second-order valence-corrected chi connectivity index (χ2v) is 6.50. The molecule has 0 radical (unpaired) electrons. The Labute approximate surface area is 138 Å². The van der Waals surface area contributed by atoms with Gasteiger partial charge in [-0.1, -0.05) is 0 Å². The lowest BCUT2D eigenvalue weighted by Gasteiger charge is -2.12. The summed E-state index contributed by atoms with van der Waals surface area (Å²) in [5.41, 5.74) is 2.25. The Morgan fingerprint density at radius 2 is 1.96 bits per heavy atom. The SMILES string of the molecule is Cc1sc(-c2ccco2)nc1C(=O)Nc1ccc(N(C)C)cc1. The van der Waals surface area contributed by atoms with Crippen molar-refractivity contribution in [2.75, 3.05) is 24.3 Å². The number of carbonyl (C=O) groups is 1. The van der Waals surface area contributed by atoms with Crippen molar-refractivity contribution in [3.63, 3.8) is 0 Å². The summed E-state index contributed by atoms with van der Waals surface area (Å²) in [4.78, 5) is 19.7. The number of hydrogen-bond acceptors (Lipinski definition) is 5. The summed E-state index contributed by atoms with van der Waals surface area (Å²) >= 11 is 1.44. The van der Waals surface area contributed by atoms with Gasteiger partial charge in [-0.3, -0.25) is 4.79 Å². The molecule has 0 aliphatic rings. The van der Waals surface area contributed by atoms with Crippen molar-refractivity contribution in [2.24, 2.45) is 0 Å². The van der Waals surface area contributed by atoms with Crippen molar-refractivity contribution >= 4 is 28.6 Å². The minimum Gasteiger partial charge on any atom is -0.462 e. The van der Waals surface area contributed by atoms with E-state index in [0.717, 1.165) is 16.3 Å². The summed E-state index contributed by atoms with van der Waals surface area (Å²) in [6, 6.07) is 11.3. The molecule has 118 valence electrons. The molecule has 1 N–H and O–H groups in total. The third-order valence-electron chi connectivity index (χ3n) is 3.39. The van der Waals surface area contributed by atoms with E-state index in [-0.39, 0.29) is 5.91 Å². The van der Waals surface area contributed by atoms with E-state index in [2.05, 4.69) is 10.3 Å². The molecule has 0 aliphatic heterocycles.